The lowest BCUT2D eigenvalue weighted by atomic mass is 10.0. The zero-order valence-corrected chi connectivity index (χ0v) is 13.5. The normalized spacial score (nSPS) is 20.8. The van der Waals surface area contributed by atoms with Crippen LogP contribution in [0.5, 0.6) is 0 Å². The number of aryl methyl sites for hydroxylation is 2. The molecule has 2 aromatic rings. The fraction of sp³-hybridized carbons (Fsp3) is 0.400. The molecule has 4 rings (SSSR count). The molecule has 2 aromatic carbocycles. The van der Waals surface area contributed by atoms with Gasteiger partial charge in [-0.1, -0.05) is 48.0 Å². The Labute approximate surface area is 137 Å². The van der Waals surface area contributed by atoms with Crippen LogP contribution in [-0.4, -0.2) is 13.2 Å². The topological polar surface area (TPSA) is 30.5 Å². The molecule has 23 heavy (non-hydrogen) atoms. The van der Waals surface area contributed by atoms with Gasteiger partial charge in [0.15, 0.2) is 6.29 Å². The zero-order valence-electron chi connectivity index (χ0n) is 13.5. The van der Waals surface area contributed by atoms with E-state index in [4.69, 9.17) is 9.47 Å². The van der Waals surface area contributed by atoms with E-state index in [1.807, 2.05) is 0 Å². The molecule has 0 radical (unpaired) electrons. The highest BCUT2D eigenvalue weighted by atomic mass is 16.7. The van der Waals surface area contributed by atoms with Crippen LogP contribution in [0, 0.1) is 6.92 Å². The van der Waals surface area contributed by atoms with Crippen LogP contribution >= 0.6 is 0 Å². The summed E-state index contributed by atoms with van der Waals surface area (Å²) in [5, 5.41) is 3.71. The second-order valence-electron chi connectivity index (χ2n) is 6.49. The summed E-state index contributed by atoms with van der Waals surface area (Å²) in [6, 6.07) is 15.9. The number of benzene rings is 2. The van der Waals surface area contributed by atoms with E-state index in [-0.39, 0.29) is 6.29 Å². The molecule has 2 aliphatic rings. The maximum Gasteiger partial charge on any atom is 0.184 e. The quantitative estimate of drug-likeness (QED) is 0.931. The van der Waals surface area contributed by atoms with Crippen LogP contribution in [0.4, 0.5) is 0 Å². The van der Waals surface area contributed by atoms with Crippen LogP contribution in [0.2, 0.25) is 0 Å². The van der Waals surface area contributed by atoms with Crippen molar-refractivity contribution >= 4 is 0 Å². The van der Waals surface area contributed by atoms with Crippen LogP contribution < -0.4 is 5.32 Å². The molecule has 0 bridgehead atoms. The maximum atomic E-state index is 5.53. The van der Waals surface area contributed by atoms with E-state index in [0.29, 0.717) is 19.3 Å². The summed E-state index contributed by atoms with van der Waals surface area (Å²) in [4.78, 5) is 0. The molecule has 0 spiro atoms. The highest BCUT2D eigenvalue weighted by Crippen LogP contribution is 2.32. The Morgan fingerprint density at radius 3 is 2.61 bits per heavy atom. The molecule has 1 saturated heterocycles. The van der Waals surface area contributed by atoms with Gasteiger partial charge in [-0.2, -0.15) is 0 Å². The standard InChI is InChI=1S/C20H23NO2/c1-14-2-5-16-8-9-19(18(16)12-14)21-13-15-3-6-17(7-4-15)20-22-10-11-23-20/h2-7,12,19-21H,8-11,13H2,1H3/t19-/m1/s1. The van der Waals surface area contributed by atoms with Gasteiger partial charge in [0, 0.05) is 18.2 Å². The van der Waals surface area contributed by atoms with Crippen LogP contribution in [0.25, 0.3) is 0 Å². The molecular formula is C20H23NO2. The van der Waals surface area contributed by atoms with E-state index in [1.165, 1.54) is 35.1 Å². The first-order valence-corrected chi connectivity index (χ1v) is 8.44. The van der Waals surface area contributed by atoms with Gasteiger partial charge < -0.3 is 14.8 Å². The molecule has 1 aliphatic carbocycles. The van der Waals surface area contributed by atoms with E-state index >= 15 is 0 Å². The molecule has 0 unspecified atom stereocenters. The molecule has 1 heterocycles. The molecule has 0 aromatic heterocycles. The van der Waals surface area contributed by atoms with Gasteiger partial charge in [0.1, 0.15) is 0 Å². The second-order valence-corrected chi connectivity index (χ2v) is 6.49. The molecular weight excluding hydrogens is 286 g/mol. The smallest absolute Gasteiger partial charge is 0.184 e. The van der Waals surface area contributed by atoms with Crippen molar-refractivity contribution in [2.45, 2.75) is 38.6 Å². The lowest BCUT2D eigenvalue weighted by Crippen LogP contribution is -2.18. The number of hydrogen-bond donors (Lipinski definition) is 1. The average Bonchev–Trinajstić information content (AvgIpc) is 3.23. The third-order valence-electron chi connectivity index (χ3n) is 4.81. The van der Waals surface area contributed by atoms with Gasteiger partial charge in [-0.3, -0.25) is 0 Å². The third kappa shape index (κ3) is 3.18. The van der Waals surface area contributed by atoms with E-state index < -0.39 is 0 Å². The van der Waals surface area contributed by atoms with Crippen molar-refractivity contribution in [2.24, 2.45) is 0 Å². The number of ether oxygens (including phenoxy) is 2. The molecule has 1 atom stereocenters. The Hall–Kier alpha value is -1.68. The number of hydrogen-bond acceptors (Lipinski definition) is 3. The van der Waals surface area contributed by atoms with E-state index in [0.717, 1.165) is 12.1 Å². The minimum absolute atomic E-state index is 0.179. The van der Waals surface area contributed by atoms with Crippen LogP contribution in [0.1, 0.15) is 46.6 Å². The van der Waals surface area contributed by atoms with Crippen LogP contribution in [0.15, 0.2) is 42.5 Å². The minimum atomic E-state index is -0.179. The summed E-state index contributed by atoms with van der Waals surface area (Å²) in [6.07, 6.45) is 2.20. The highest BCUT2D eigenvalue weighted by Gasteiger charge is 2.22. The molecule has 0 amide bonds. The molecule has 3 nitrogen and oxygen atoms in total. The summed E-state index contributed by atoms with van der Waals surface area (Å²) < 4.78 is 11.1. The minimum Gasteiger partial charge on any atom is -0.346 e. The zero-order chi connectivity index (χ0) is 15.6. The predicted octanol–water partition coefficient (Wildman–Crippen LogP) is 3.82. The van der Waals surface area contributed by atoms with Crippen molar-refractivity contribution in [3.8, 4) is 0 Å². The van der Waals surface area contributed by atoms with Crippen molar-refractivity contribution in [1.29, 1.82) is 0 Å². The maximum absolute atomic E-state index is 5.53. The molecule has 0 saturated carbocycles. The molecule has 120 valence electrons. The Morgan fingerprint density at radius 1 is 1.04 bits per heavy atom. The first kappa shape index (κ1) is 14.9. The van der Waals surface area contributed by atoms with Gasteiger partial charge >= 0.3 is 0 Å². The molecule has 1 fully saturated rings. The largest absolute Gasteiger partial charge is 0.346 e. The van der Waals surface area contributed by atoms with Crippen molar-refractivity contribution < 1.29 is 9.47 Å². The number of nitrogens with one attached hydrogen (secondary N) is 1. The molecule has 1 aliphatic heterocycles. The monoisotopic (exact) mass is 309 g/mol. The van der Waals surface area contributed by atoms with E-state index in [2.05, 4.69) is 54.7 Å². The summed E-state index contributed by atoms with van der Waals surface area (Å²) >= 11 is 0. The van der Waals surface area contributed by atoms with Crippen molar-refractivity contribution in [3.05, 3.63) is 70.3 Å². The van der Waals surface area contributed by atoms with Crippen molar-refractivity contribution in [3.63, 3.8) is 0 Å². The first-order chi connectivity index (χ1) is 11.3. The fourth-order valence-corrected chi connectivity index (χ4v) is 3.52. The Kier molecular flexibility index (Phi) is 4.17. The van der Waals surface area contributed by atoms with E-state index in [1.54, 1.807) is 0 Å². The first-order valence-electron chi connectivity index (χ1n) is 8.44. The summed E-state index contributed by atoms with van der Waals surface area (Å²) in [5.74, 6) is 0. The Balaban J connectivity index is 1.39. The molecule has 3 heteroatoms. The number of fused-ring (bicyclic) bond motifs is 1. The van der Waals surface area contributed by atoms with Gasteiger partial charge in [0.25, 0.3) is 0 Å². The summed E-state index contributed by atoms with van der Waals surface area (Å²) in [5.41, 5.74) is 6.73. The van der Waals surface area contributed by atoms with Gasteiger partial charge in [0.2, 0.25) is 0 Å². The van der Waals surface area contributed by atoms with Crippen molar-refractivity contribution in [2.75, 3.05) is 13.2 Å². The van der Waals surface area contributed by atoms with Gasteiger partial charge in [-0.15, -0.1) is 0 Å². The van der Waals surface area contributed by atoms with Gasteiger partial charge in [-0.25, -0.2) is 0 Å². The fourth-order valence-electron chi connectivity index (χ4n) is 3.52. The lowest BCUT2D eigenvalue weighted by Gasteiger charge is -2.15. The average molecular weight is 309 g/mol. The Morgan fingerprint density at radius 2 is 1.83 bits per heavy atom. The van der Waals surface area contributed by atoms with Crippen molar-refractivity contribution in [1.82, 2.24) is 5.32 Å². The van der Waals surface area contributed by atoms with Crippen LogP contribution in [0.3, 0.4) is 0 Å². The third-order valence-corrected chi connectivity index (χ3v) is 4.81. The predicted molar refractivity (Wildman–Crippen MR) is 90.2 cm³/mol. The summed E-state index contributed by atoms with van der Waals surface area (Å²) in [6.45, 7) is 4.44. The lowest BCUT2D eigenvalue weighted by molar-refractivity contribution is -0.0441. The number of rotatable bonds is 4. The highest BCUT2D eigenvalue weighted by molar-refractivity contribution is 5.37. The second kappa shape index (κ2) is 6.44. The summed E-state index contributed by atoms with van der Waals surface area (Å²) in [7, 11) is 0. The Bertz CT molecular complexity index is 675. The molecule has 1 N–H and O–H groups in total. The van der Waals surface area contributed by atoms with Gasteiger partial charge in [-0.05, 0) is 36.5 Å². The van der Waals surface area contributed by atoms with E-state index in [9.17, 15) is 0 Å². The van der Waals surface area contributed by atoms with Crippen LogP contribution in [-0.2, 0) is 22.4 Å². The van der Waals surface area contributed by atoms with Gasteiger partial charge in [0.05, 0.1) is 13.2 Å². The SMILES string of the molecule is Cc1ccc2c(c1)[C@H](NCc1ccc(C3OCCO3)cc1)CC2.